The van der Waals surface area contributed by atoms with Gasteiger partial charge in [-0.05, 0) is 19.8 Å². The summed E-state index contributed by atoms with van der Waals surface area (Å²) in [6.07, 6.45) is 5.25. The zero-order valence-corrected chi connectivity index (χ0v) is 15.9. The van der Waals surface area contributed by atoms with Crippen LogP contribution >= 0.6 is 0 Å². The number of aromatic nitrogens is 6. The van der Waals surface area contributed by atoms with Gasteiger partial charge in [0.25, 0.3) is 5.78 Å². The Hall–Kier alpha value is -2.81. The third kappa shape index (κ3) is 3.55. The Morgan fingerprint density at radius 3 is 2.70 bits per heavy atom. The second-order valence-electron chi connectivity index (χ2n) is 6.86. The molecule has 3 aromatic heterocycles. The first-order valence-electron chi connectivity index (χ1n) is 9.10. The maximum Gasteiger partial charge on any atom is 0.254 e. The fourth-order valence-electron chi connectivity index (χ4n) is 3.59. The molecule has 1 aliphatic rings. The summed E-state index contributed by atoms with van der Waals surface area (Å²) in [6, 6.07) is 4.52. The van der Waals surface area contributed by atoms with E-state index in [1.165, 1.54) is 0 Å². The van der Waals surface area contributed by atoms with Crippen LogP contribution in [0.25, 0.3) is 5.78 Å². The van der Waals surface area contributed by atoms with E-state index >= 15 is 0 Å². The van der Waals surface area contributed by atoms with Crippen molar-refractivity contribution in [1.29, 1.82) is 0 Å². The van der Waals surface area contributed by atoms with E-state index in [9.17, 15) is 0 Å². The molecule has 0 radical (unpaired) electrons. The van der Waals surface area contributed by atoms with Crippen molar-refractivity contribution < 1.29 is 4.74 Å². The van der Waals surface area contributed by atoms with Crippen molar-refractivity contribution in [3.8, 4) is 0 Å². The van der Waals surface area contributed by atoms with Gasteiger partial charge in [-0.1, -0.05) is 0 Å². The largest absolute Gasteiger partial charge is 0.378 e. The Bertz CT molecular complexity index is 919. The first-order chi connectivity index (χ1) is 13.2. The number of hydrogen-bond acceptors (Lipinski definition) is 8. The maximum absolute atomic E-state index is 5.25. The molecule has 9 heteroatoms. The number of rotatable bonds is 5. The van der Waals surface area contributed by atoms with Gasteiger partial charge in [0, 0.05) is 51.1 Å². The van der Waals surface area contributed by atoms with Gasteiger partial charge >= 0.3 is 0 Å². The smallest absolute Gasteiger partial charge is 0.254 e. The van der Waals surface area contributed by atoms with Gasteiger partial charge in [0.15, 0.2) is 0 Å². The predicted molar refractivity (Wildman–Crippen MR) is 102 cm³/mol. The lowest BCUT2D eigenvalue weighted by Crippen LogP contribution is -2.44. The van der Waals surface area contributed by atoms with Gasteiger partial charge in [-0.25, -0.2) is 15.0 Å². The molecule has 0 saturated carbocycles. The first kappa shape index (κ1) is 17.6. The Kier molecular flexibility index (Phi) is 4.85. The minimum Gasteiger partial charge on any atom is -0.378 e. The predicted octanol–water partition coefficient (Wildman–Crippen LogP) is 1.47. The van der Waals surface area contributed by atoms with Crippen LogP contribution in [0.4, 0.5) is 11.6 Å². The monoisotopic (exact) mass is 368 g/mol. The second-order valence-corrected chi connectivity index (χ2v) is 6.86. The summed E-state index contributed by atoms with van der Waals surface area (Å²) in [5.74, 6) is 2.60. The Morgan fingerprint density at radius 1 is 1.15 bits per heavy atom. The average Bonchev–Trinajstić information content (AvgIpc) is 3.16. The van der Waals surface area contributed by atoms with Gasteiger partial charge in [-0.2, -0.15) is 14.6 Å². The van der Waals surface area contributed by atoms with Gasteiger partial charge in [0.2, 0.25) is 0 Å². The number of anilines is 2. The third-order valence-corrected chi connectivity index (χ3v) is 5.07. The van der Waals surface area contributed by atoms with Crippen molar-refractivity contribution in [3.05, 3.63) is 36.2 Å². The molecule has 1 fully saturated rings. The van der Waals surface area contributed by atoms with E-state index in [-0.39, 0.29) is 0 Å². The molecular formula is C18H24N8O. The van der Waals surface area contributed by atoms with Crippen molar-refractivity contribution >= 4 is 17.4 Å². The fourth-order valence-corrected chi connectivity index (χ4v) is 3.59. The summed E-state index contributed by atoms with van der Waals surface area (Å²) in [5, 5.41) is 4.34. The quantitative estimate of drug-likeness (QED) is 0.669. The molecule has 0 N–H and O–H groups in total. The number of aryl methyl sites for hydroxylation is 1. The van der Waals surface area contributed by atoms with Gasteiger partial charge in [0.05, 0.1) is 12.3 Å². The molecule has 3 aromatic rings. The van der Waals surface area contributed by atoms with Crippen molar-refractivity contribution in [2.45, 2.75) is 32.4 Å². The lowest BCUT2D eigenvalue weighted by molar-refractivity contribution is 0.181. The van der Waals surface area contributed by atoms with E-state index in [0.717, 1.165) is 49.0 Å². The minimum absolute atomic E-state index is 0.446. The summed E-state index contributed by atoms with van der Waals surface area (Å²) in [5.41, 5.74) is 1.85. The highest BCUT2D eigenvalue weighted by atomic mass is 16.5. The van der Waals surface area contributed by atoms with Crippen molar-refractivity contribution in [3.63, 3.8) is 0 Å². The molecule has 27 heavy (non-hydrogen) atoms. The third-order valence-electron chi connectivity index (χ3n) is 5.07. The van der Waals surface area contributed by atoms with E-state index in [4.69, 9.17) is 4.74 Å². The van der Waals surface area contributed by atoms with Crippen LogP contribution in [0.1, 0.15) is 24.2 Å². The van der Waals surface area contributed by atoms with Gasteiger partial charge < -0.3 is 14.5 Å². The number of methoxy groups -OCH3 is 1. The van der Waals surface area contributed by atoms with Crippen LogP contribution in [-0.4, -0.2) is 62.8 Å². The van der Waals surface area contributed by atoms with Crippen LogP contribution in [0.5, 0.6) is 0 Å². The lowest BCUT2D eigenvalue weighted by atomic mass is 10.0. The minimum atomic E-state index is 0.446. The molecule has 0 spiro atoms. The van der Waals surface area contributed by atoms with Crippen molar-refractivity contribution in [2.75, 3.05) is 37.0 Å². The van der Waals surface area contributed by atoms with Crippen LogP contribution in [0.15, 0.2) is 24.8 Å². The SMILES string of the molecule is COCc1cc(N2CCC(N(C)c3cc(C)ncn3)CC2)n2ncnc2n1. The van der Waals surface area contributed by atoms with Crippen LogP contribution in [0, 0.1) is 6.92 Å². The van der Waals surface area contributed by atoms with Crippen molar-refractivity contribution in [2.24, 2.45) is 0 Å². The van der Waals surface area contributed by atoms with E-state index < -0.39 is 0 Å². The standard InChI is InChI=1S/C18H24N8O/c1-13-8-16(20-11-19-13)24(2)15-4-6-25(7-5-15)17-9-14(10-27-3)23-18-21-12-22-26(17)18/h8-9,11-12,15H,4-7,10H2,1-3H3. The van der Waals surface area contributed by atoms with E-state index in [0.29, 0.717) is 18.4 Å². The molecule has 4 rings (SSSR count). The van der Waals surface area contributed by atoms with E-state index in [1.54, 1.807) is 24.3 Å². The highest BCUT2D eigenvalue weighted by molar-refractivity contribution is 5.48. The number of piperidine rings is 1. The Balaban J connectivity index is 1.51. The normalized spacial score (nSPS) is 15.4. The highest BCUT2D eigenvalue weighted by Gasteiger charge is 2.25. The summed E-state index contributed by atoms with van der Waals surface area (Å²) < 4.78 is 7.05. The summed E-state index contributed by atoms with van der Waals surface area (Å²) in [7, 11) is 3.78. The van der Waals surface area contributed by atoms with Crippen LogP contribution in [-0.2, 0) is 11.3 Å². The Labute approximate surface area is 158 Å². The lowest BCUT2D eigenvalue weighted by Gasteiger charge is -2.38. The topological polar surface area (TPSA) is 84.6 Å². The van der Waals surface area contributed by atoms with Gasteiger partial charge in [-0.15, -0.1) is 0 Å². The Morgan fingerprint density at radius 2 is 1.96 bits per heavy atom. The van der Waals surface area contributed by atoms with Crippen LogP contribution in [0.3, 0.4) is 0 Å². The van der Waals surface area contributed by atoms with E-state index in [2.05, 4.69) is 41.9 Å². The molecular weight excluding hydrogens is 344 g/mol. The molecule has 142 valence electrons. The van der Waals surface area contributed by atoms with Crippen LogP contribution < -0.4 is 9.80 Å². The summed E-state index contributed by atoms with van der Waals surface area (Å²) >= 11 is 0. The molecule has 4 heterocycles. The highest BCUT2D eigenvalue weighted by Crippen LogP contribution is 2.25. The summed E-state index contributed by atoms with van der Waals surface area (Å²) in [4.78, 5) is 21.9. The average molecular weight is 368 g/mol. The number of nitrogens with zero attached hydrogens (tertiary/aromatic N) is 8. The zero-order chi connectivity index (χ0) is 18.8. The molecule has 0 aliphatic carbocycles. The van der Waals surface area contributed by atoms with Crippen LogP contribution in [0.2, 0.25) is 0 Å². The second kappa shape index (κ2) is 7.43. The molecule has 0 atom stereocenters. The summed E-state index contributed by atoms with van der Waals surface area (Å²) in [6.45, 7) is 4.32. The number of hydrogen-bond donors (Lipinski definition) is 0. The maximum atomic E-state index is 5.25. The molecule has 0 bridgehead atoms. The molecule has 0 unspecified atom stereocenters. The fraction of sp³-hybridized carbons (Fsp3) is 0.500. The number of fused-ring (bicyclic) bond motifs is 1. The van der Waals surface area contributed by atoms with Crippen molar-refractivity contribution in [1.82, 2.24) is 29.5 Å². The van der Waals surface area contributed by atoms with Gasteiger partial charge in [-0.3, -0.25) is 0 Å². The molecule has 9 nitrogen and oxygen atoms in total. The van der Waals surface area contributed by atoms with Gasteiger partial charge in [0.1, 0.15) is 24.3 Å². The first-order valence-corrected chi connectivity index (χ1v) is 9.10. The zero-order valence-electron chi connectivity index (χ0n) is 15.9. The molecule has 0 amide bonds. The molecule has 0 aromatic carbocycles. The molecule has 1 saturated heterocycles. The number of ether oxygens (including phenoxy) is 1. The van der Waals surface area contributed by atoms with E-state index in [1.807, 2.05) is 19.1 Å². The molecule has 1 aliphatic heterocycles.